The Kier molecular flexibility index (Phi) is 9.14. The van der Waals surface area contributed by atoms with Crippen LogP contribution in [-0.4, -0.2) is 32.6 Å². The largest absolute Gasteiger partial charge is 0.423 e. The van der Waals surface area contributed by atoms with Crippen LogP contribution in [0.25, 0.3) is 0 Å². The highest BCUT2D eigenvalue weighted by Crippen LogP contribution is 2.19. The minimum Gasteiger partial charge on any atom is -0.423 e. The van der Waals surface area contributed by atoms with Crippen LogP contribution in [0.1, 0.15) is 35.3 Å². The van der Waals surface area contributed by atoms with Gasteiger partial charge in [-0.2, -0.15) is 9.82 Å². The van der Waals surface area contributed by atoms with E-state index in [1.54, 1.807) is 74.5 Å². The lowest BCUT2D eigenvalue weighted by Gasteiger charge is -2.20. The molecule has 0 aliphatic carbocycles. The molecule has 0 unspecified atom stereocenters. The van der Waals surface area contributed by atoms with Crippen molar-refractivity contribution in [1.29, 1.82) is 0 Å². The number of amides is 1. The first kappa shape index (κ1) is 27.3. The zero-order valence-corrected chi connectivity index (χ0v) is 22.3. The van der Waals surface area contributed by atoms with Gasteiger partial charge in [0.25, 0.3) is 5.91 Å². The lowest BCUT2D eigenvalue weighted by molar-refractivity contribution is -0.123. The predicted molar refractivity (Wildman–Crippen MR) is 141 cm³/mol. The average Bonchev–Trinajstić information content (AvgIpc) is 2.84. The number of carbonyl (C=O) groups excluding carboxylic acids is 2. The second kappa shape index (κ2) is 12.1. The Hall–Kier alpha value is -3.34. The first-order valence-corrected chi connectivity index (χ1v) is 13.3. The topological polar surface area (TPSA) is 114 Å². The molecule has 1 amide bonds. The lowest BCUT2D eigenvalue weighted by Crippen LogP contribution is -2.48. The fraction of sp³-hybridized carbons (Fsp3) is 0.192. The van der Waals surface area contributed by atoms with Crippen molar-refractivity contribution in [2.75, 3.05) is 0 Å². The van der Waals surface area contributed by atoms with Gasteiger partial charge in [-0.25, -0.2) is 18.6 Å². The van der Waals surface area contributed by atoms with Gasteiger partial charge in [0.15, 0.2) is 0 Å². The Morgan fingerprint density at radius 1 is 0.972 bits per heavy atom. The summed E-state index contributed by atoms with van der Waals surface area (Å²) in [6.07, 6.45) is 1.41. The second-order valence-corrected chi connectivity index (χ2v) is 10.9. The van der Waals surface area contributed by atoms with Crippen molar-refractivity contribution >= 4 is 44.0 Å². The van der Waals surface area contributed by atoms with E-state index in [1.807, 2.05) is 6.92 Å². The minimum absolute atomic E-state index is 0.0791. The number of nitrogens with zero attached hydrogens (tertiary/aromatic N) is 1. The molecule has 0 aliphatic heterocycles. The highest BCUT2D eigenvalue weighted by molar-refractivity contribution is 9.10. The first-order valence-electron chi connectivity index (χ1n) is 11.1. The maximum Gasteiger partial charge on any atom is 0.344 e. The number of halogens is 1. The molecule has 8 nitrogen and oxygen atoms in total. The van der Waals surface area contributed by atoms with E-state index in [1.165, 1.54) is 18.3 Å². The number of hydrogen-bond acceptors (Lipinski definition) is 6. The molecular formula is C26H26BrN3O5S. The minimum atomic E-state index is -3.89. The molecule has 0 saturated heterocycles. The average molecular weight is 572 g/mol. The number of hydrogen-bond donors (Lipinski definition) is 2. The van der Waals surface area contributed by atoms with Crippen LogP contribution in [0.4, 0.5) is 0 Å². The third-order valence-electron chi connectivity index (χ3n) is 5.14. The van der Waals surface area contributed by atoms with Crippen LogP contribution in [-0.2, 0) is 14.8 Å². The van der Waals surface area contributed by atoms with Crippen LogP contribution >= 0.6 is 15.9 Å². The van der Waals surface area contributed by atoms with E-state index in [2.05, 4.69) is 31.2 Å². The van der Waals surface area contributed by atoms with E-state index >= 15 is 0 Å². The number of sulfonamides is 1. The zero-order chi connectivity index (χ0) is 26.3. The number of ether oxygens (including phenoxy) is 1. The Balaban J connectivity index is 1.60. The van der Waals surface area contributed by atoms with Gasteiger partial charge in [-0.1, -0.05) is 43.7 Å². The zero-order valence-electron chi connectivity index (χ0n) is 19.9. The number of rotatable bonds is 9. The molecule has 0 bridgehead atoms. The van der Waals surface area contributed by atoms with Crippen molar-refractivity contribution in [3.8, 4) is 5.75 Å². The monoisotopic (exact) mass is 571 g/mol. The third-order valence-corrected chi connectivity index (χ3v) is 7.28. The molecule has 0 spiro atoms. The van der Waals surface area contributed by atoms with Gasteiger partial charge in [-0.05, 0) is 82.9 Å². The fourth-order valence-corrected chi connectivity index (χ4v) is 4.89. The Morgan fingerprint density at radius 2 is 1.61 bits per heavy atom. The molecule has 0 aromatic heterocycles. The maximum atomic E-state index is 12.7. The van der Waals surface area contributed by atoms with Crippen LogP contribution in [0.2, 0.25) is 0 Å². The van der Waals surface area contributed by atoms with Crippen molar-refractivity contribution in [3.05, 3.63) is 94.0 Å². The van der Waals surface area contributed by atoms with Crippen molar-refractivity contribution in [2.45, 2.75) is 31.7 Å². The van der Waals surface area contributed by atoms with Crippen LogP contribution < -0.4 is 14.9 Å². The molecule has 188 valence electrons. The summed E-state index contributed by atoms with van der Waals surface area (Å²) in [5.74, 6) is -1.05. The SMILES string of the molecule is Cc1ccc(S(=O)(=O)N[C@H](C(=O)N/N=C\c2ccc(OC(=O)c3ccccc3Br)cc2)C(C)C)cc1. The number of benzene rings is 3. The van der Waals surface area contributed by atoms with Gasteiger partial charge in [0, 0.05) is 4.47 Å². The first-order chi connectivity index (χ1) is 17.1. The molecule has 1 atom stereocenters. The van der Waals surface area contributed by atoms with Gasteiger partial charge >= 0.3 is 5.97 Å². The van der Waals surface area contributed by atoms with Gasteiger partial charge in [0.2, 0.25) is 10.0 Å². The molecule has 0 aliphatic rings. The summed E-state index contributed by atoms with van der Waals surface area (Å²) in [6, 6.07) is 18.8. The number of esters is 1. The van der Waals surface area contributed by atoms with Gasteiger partial charge in [0.05, 0.1) is 16.7 Å². The van der Waals surface area contributed by atoms with Crippen molar-refractivity contribution in [1.82, 2.24) is 10.1 Å². The van der Waals surface area contributed by atoms with Crippen LogP contribution in [0.15, 0.2) is 87.3 Å². The number of carbonyl (C=O) groups is 2. The summed E-state index contributed by atoms with van der Waals surface area (Å²) >= 11 is 3.32. The highest BCUT2D eigenvalue weighted by atomic mass is 79.9. The Bertz CT molecular complexity index is 1360. The van der Waals surface area contributed by atoms with Gasteiger partial charge in [0.1, 0.15) is 11.8 Å². The van der Waals surface area contributed by atoms with Crippen molar-refractivity contribution in [2.24, 2.45) is 11.0 Å². The normalized spacial score (nSPS) is 12.5. The van der Waals surface area contributed by atoms with E-state index in [9.17, 15) is 18.0 Å². The number of hydrazone groups is 1. The molecule has 10 heteroatoms. The quantitative estimate of drug-likeness (QED) is 0.171. The summed E-state index contributed by atoms with van der Waals surface area (Å²) in [5, 5.41) is 3.94. The molecule has 0 radical (unpaired) electrons. The van der Waals surface area contributed by atoms with E-state index in [-0.39, 0.29) is 10.8 Å². The van der Waals surface area contributed by atoms with E-state index < -0.39 is 27.9 Å². The number of aryl methyl sites for hydroxylation is 1. The fourth-order valence-electron chi connectivity index (χ4n) is 3.10. The molecular weight excluding hydrogens is 546 g/mol. The van der Waals surface area contributed by atoms with E-state index in [0.29, 0.717) is 21.3 Å². The molecule has 2 N–H and O–H groups in total. The molecule has 3 aromatic carbocycles. The molecule has 0 heterocycles. The van der Waals surface area contributed by atoms with Gasteiger partial charge < -0.3 is 4.74 Å². The van der Waals surface area contributed by atoms with Crippen molar-refractivity contribution < 1.29 is 22.7 Å². The summed E-state index contributed by atoms with van der Waals surface area (Å²) in [5.41, 5.74) is 4.35. The molecule has 3 rings (SSSR count). The van der Waals surface area contributed by atoms with Crippen molar-refractivity contribution in [3.63, 3.8) is 0 Å². The maximum absolute atomic E-state index is 12.7. The predicted octanol–water partition coefficient (Wildman–Crippen LogP) is 4.43. The van der Waals surface area contributed by atoms with Crippen LogP contribution in [0.5, 0.6) is 5.75 Å². The molecule has 0 saturated carbocycles. The summed E-state index contributed by atoms with van der Waals surface area (Å²) in [6.45, 7) is 5.33. The Labute approximate surface area is 218 Å². The van der Waals surface area contributed by atoms with Gasteiger partial charge in [-0.15, -0.1) is 0 Å². The Morgan fingerprint density at radius 3 is 2.22 bits per heavy atom. The summed E-state index contributed by atoms with van der Waals surface area (Å²) < 4.78 is 33.9. The third kappa shape index (κ3) is 7.33. The summed E-state index contributed by atoms with van der Waals surface area (Å²) in [4.78, 5) is 25.1. The highest BCUT2D eigenvalue weighted by Gasteiger charge is 2.28. The summed E-state index contributed by atoms with van der Waals surface area (Å²) in [7, 11) is -3.89. The lowest BCUT2D eigenvalue weighted by atomic mass is 10.1. The number of nitrogens with one attached hydrogen (secondary N) is 2. The molecule has 36 heavy (non-hydrogen) atoms. The smallest absolute Gasteiger partial charge is 0.344 e. The van der Waals surface area contributed by atoms with E-state index in [0.717, 1.165) is 5.56 Å². The molecule has 0 fully saturated rings. The standard InChI is InChI=1S/C26H26BrN3O5S/c1-17(2)24(30-36(33,34)21-14-8-18(3)9-15-21)25(31)29-28-16-19-10-12-20(13-11-19)35-26(32)22-6-4-5-7-23(22)27/h4-17,24,30H,1-3H3,(H,29,31)/b28-16-/t24-/m0/s1. The second-order valence-electron chi connectivity index (χ2n) is 8.33. The van der Waals surface area contributed by atoms with E-state index in [4.69, 9.17) is 4.74 Å². The molecule has 3 aromatic rings. The van der Waals surface area contributed by atoms with Crippen LogP contribution in [0, 0.1) is 12.8 Å². The van der Waals surface area contributed by atoms with Crippen LogP contribution in [0.3, 0.4) is 0 Å². The van der Waals surface area contributed by atoms with Gasteiger partial charge in [-0.3, -0.25) is 4.79 Å².